The first-order valence-electron chi connectivity index (χ1n) is 7.21. The van der Waals surface area contributed by atoms with E-state index in [0.29, 0.717) is 10.9 Å². The van der Waals surface area contributed by atoms with Crippen LogP contribution in [0.1, 0.15) is 5.56 Å². The lowest BCUT2D eigenvalue weighted by Crippen LogP contribution is -2.09. The van der Waals surface area contributed by atoms with Crippen LogP contribution in [0.4, 0.5) is 26.7 Å². The molecule has 122 valence electrons. The number of hydrazone groups is 1. The van der Waals surface area contributed by atoms with Gasteiger partial charge >= 0.3 is 0 Å². The fraction of sp³-hybridized carbons (Fsp3) is 0.0588. The summed E-state index contributed by atoms with van der Waals surface area (Å²) in [5, 5.41) is 6.51. The summed E-state index contributed by atoms with van der Waals surface area (Å²) >= 11 is 1.39. The molecule has 0 aliphatic rings. The number of nitrogens with one attached hydrogen (secondary N) is 1. The predicted octanol–water partition coefficient (Wildman–Crippen LogP) is 4.08. The Morgan fingerprint density at radius 1 is 1.21 bits per heavy atom. The van der Waals surface area contributed by atoms with Crippen LogP contribution >= 0.6 is 11.3 Å². The van der Waals surface area contributed by atoms with Crippen molar-refractivity contribution in [3.8, 4) is 0 Å². The maximum absolute atomic E-state index is 13.3. The summed E-state index contributed by atoms with van der Waals surface area (Å²) in [6.07, 6.45) is 1.70. The molecule has 5 nitrogen and oxygen atoms in total. The topological polar surface area (TPSA) is 66.5 Å². The minimum absolute atomic E-state index is 0.253. The molecule has 24 heavy (non-hydrogen) atoms. The maximum Gasteiger partial charge on any atom is 0.205 e. The number of halogens is 1. The van der Waals surface area contributed by atoms with E-state index < -0.39 is 0 Å². The molecule has 3 aromatic rings. The summed E-state index contributed by atoms with van der Waals surface area (Å²) in [7, 11) is 1.90. The van der Waals surface area contributed by atoms with Gasteiger partial charge in [0.25, 0.3) is 0 Å². The number of hydrogen-bond donors (Lipinski definition) is 2. The molecule has 3 rings (SSSR count). The highest BCUT2D eigenvalue weighted by molar-refractivity contribution is 7.14. The molecule has 1 heterocycles. The van der Waals surface area contributed by atoms with Gasteiger partial charge in [-0.3, -0.25) is 5.43 Å². The summed E-state index contributed by atoms with van der Waals surface area (Å²) in [5.74, 6) is 0.222. The Hall–Kier alpha value is -2.93. The van der Waals surface area contributed by atoms with E-state index >= 15 is 0 Å². The Kier molecular flexibility index (Phi) is 4.72. The summed E-state index contributed by atoms with van der Waals surface area (Å²) in [4.78, 5) is 5.97. The van der Waals surface area contributed by atoms with Gasteiger partial charge in [-0.05, 0) is 35.9 Å². The Balaban J connectivity index is 1.66. The second-order valence-corrected chi connectivity index (χ2v) is 5.94. The predicted molar refractivity (Wildman–Crippen MR) is 98.6 cm³/mol. The van der Waals surface area contributed by atoms with E-state index in [2.05, 4.69) is 15.5 Å². The molecule has 1 aromatic heterocycles. The molecule has 0 amide bonds. The minimum Gasteiger partial charge on any atom is -0.383 e. The highest BCUT2D eigenvalue weighted by atomic mass is 32.1. The van der Waals surface area contributed by atoms with Gasteiger partial charge in [-0.2, -0.15) is 5.10 Å². The number of thiazole rings is 1. The fourth-order valence-electron chi connectivity index (χ4n) is 2.12. The molecule has 0 saturated carbocycles. The van der Waals surface area contributed by atoms with Crippen LogP contribution in [0.25, 0.3) is 0 Å². The first-order chi connectivity index (χ1) is 11.6. The van der Waals surface area contributed by atoms with Crippen LogP contribution in [-0.4, -0.2) is 18.2 Å². The number of rotatable bonds is 5. The molecule has 0 atom stereocenters. The van der Waals surface area contributed by atoms with Crippen LogP contribution < -0.4 is 16.1 Å². The molecular formula is C17H16FN5S. The zero-order chi connectivity index (χ0) is 16.9. The molecule has 7 heteroatoms. The van der Waals surface area contributed by atoms with Gasteiger partial charge in [-0.1, -0.05) is 18.2 Å². The van der Waals surface area contributed by atoms with E-state index in [4.69, 9.17) is 5.73 Å². The molecule has 0 saturated heterocycles. The average molecular weight is 341 g/mol. The van der Waals surface area contributed by atoms with Gasteiger partial charge in [0.05, 0.1) is 6.21 Å². The first-order valence-corrected chi connectivity index (χ1v) is 8.09. The Morgan fingerprint density at radius 3 is 2.67 bits per heavy atom. The van der Waals surface area contributed by atoms with Crippen molar-refractivity contribution in [1.29, 1.82) is 0 Å². The van der Waals surface area contributed by atoms with Gasteiger partial charge in [0.1, 0.15) is 11.6 Å². The van der Waals surface area contributed by atoms with Crippen molar-refractivity contribution in [2.45, 2.75) is 0 Å². The van der Waals surface area contributed by atoms with E-state index in [1.165, 1.54) is 23.5 Å². The number of nitrogen functional groups attached to an aromatic ring is 1. The lowest BCUT2D eigenvalue weighted by Gasteiger charge is -2.19. The molecule has 3 N–H and O–H groups in total. The number of hydrogen-bond acceptors (Lipinski definition) is 6. The third-order valence-corrected chi connectivity index (χ3v) is 4.14. The summed E-state index contributed by atoms with van der Waals surface area (Å²) in [5.41, 5.74) is 11.1. The smallest absolute Gasteiger partial charge is 0.205 e. The largest absolute Gasteiger partial charge is 0.383 e. The SMILES string of the molecule is CN(c1ccc(C=NNc2nc(N)cs2)cc1)c1cccc(F)c1. The van der Waals surface area contributed by atoms with Crippen LogP contribution in [0.2, 0.25) is 0 Å². The molecule has 0 fully saturated rings. The summed E-state index contributed by atoms with van der Waals surface area (Å²) in [6.45, 7) is 0. The number of aromatic nitrogens is 1. The van der Waals surface area contributed by atoms with E-state index in [1.54, 1.807) is 17.7 Å². The minimum atomic E-state index is -0.253. The normalized spacial score (nSPS) is 10.9. The Bertz CT molecular complexity index is 844. The third kappa shape index (κ3) is 3.88. The van der Waals surface area contributed by atoms with Gasteiger partial charge in [-0.15, -0.1) is 11.3 Å². The van der Waals surface area contributed by atoms with E-state index in [1.807, 2.05) is 42.3 Å². The van der Waals surface area contributed by atoms with E-state index in [9.17, 15) is 4.39 Å². The van der Waals surface area contributed by atoms with Crippen molar-refractivity contribution in [2.75, 3.05) is 23.1 Å². The van der Waals surface area contributed by atoms with Crippen LogP contribution in [0.3, 0.4) is 0 Å². The number of benzene rings is 2. The first kappa shape index (κ1) is 15.9. The molecule has 0 unspecified atom stereocenters. The summed E-state index contributed by atoms with van der Waals surface area (Å²) < 4.78 is 13.3. The van der Waals surface area contributed by atoms with Crippen molar-refractivity contribution in [3.63, 3.8) is 0 Å². The van der Waals surface area contributed by atoms with Crippen molar-refractivity contribution >= 4 is 39.9 Å². The monoisotopic (exact) mass is 341 g/mol. The van der Waals surface area contributed by atoms with E-state index in [-0.39, 0.29) is 5.82 Å². The zero-order valence-corrected chi connectivity index (χ0v) is 13.8. The lowest BCUT2D eigenvalue weighted by molar-refractivity contribution is 0.628. The molecular weight excluding hydrogens is 325 g/mol. The average Bonchev–Trinajstić information content (AvgIpc) is 3.00. The third-order valence-electron chi connectivity index (χ3n) is 3.37. The standard InChI is InChI=1S/C17H16FN5S/c1-23(15-4-2-3-13(18)9-15)14-7-5-12(6-8-14)10-20-22-17-21-16(19)11-24-17/h2-11H,19H2,1H3,(H,21,22). The molecule has 0 aliphatic heterocycles. The van der Waals surface area contributed by atoms with Gasteiger partial charge in [0.15, 0.2) is 0 Å². The van der Waals surface area contributed by atoms with Crippen LogP contribution in [0, 0.1) is 5.82 Å². The lowest BCUT2D eigenvalue weighted by atomic mass is 10.2. The number of nitrogens with two attached hydrogens (primary N) is 1. The molecule has 0 bridgehead atoms. The van der Waals surface area contributed by atoms with E-state index in [0.717, 1.165) is 16.9 Å². The van der Waals surface area contributed by atoms with Crippen LogP contribution in [0.5, 0.6) is 0 Å². The summed E-state index contributed by atoms with van der Waals surface area (Å²) in [6, 6.07) is 14.3. The zero-order valence-electron chi connectivity index (χ0n) is 13.0. The van der Waals surface area contributed by atoms with Gasteiger partial charge < -0.3 is 10.6 Å². The van der Waals surface area contributed by atoms with Crippen LogP contribution in [-0.2, 0) is 0 Å². The van der Waals surface area contributed by atoms with Gasteiger partial charge in [-0.25, -0.2) is 9.37 Å². The fourth-order valence-corrected chi connectivity index (χ4v) is 2.67. The molecule has 0 aliphatic carbocycles. The van der Waals surface area contributed by atoms with Gasteiger partial charge in [0, 0.05) is 23.8 Å². The second kappa shape index (κ2) is 7.10. The highest BCUT2D eigenvalue weighted by Crippen LogP contribution is 2.24. The molecule has 2 aromatic carbocycles. The number of nitrogens with zero attached hydrogens (tertiary/aromatic N) is 3. The molecule has 0 spiro atoms. The Labute approximate surface area is 143 Å². The Morgan fingerprint density at radius 2 is 2.00 bits per heavy atom. The number of anilines is 4. The molecule has 0 radical (unpaired) electrons. The van der Waals surface area contributed by atoms with Crippen molar-refractivity contribution in [2.24, 2.45) is 5.10 Å². The second-order valence-electron chi connectivity index (χ2n) is 5.08. The van der Waals surface area contributed by atoms with Gasteiger partial charge in [0.2, 0.25) is 5.13 Å². The van der Waals surface area contributed by atoms with Crippen LogP contribution in [0.15, 0.2) is 59.0 Å². The van der Waals surface area contributed by atoms with Crippen molar-refractivity contribution in [3.05, 3.63) is 65.3 Å². The van der Waals surface area contributed by atoms with Crippen molar-refractivity contribution < 1.29 is 4.39 Å². The van der Waals surface area contributed by atoms with Crippen molar-refractivity contribution in [1.82, 2.24) is 4.98 Å². The maximum atomic E-state index is 13.3. The highest BCUT2D eigenvalue weighted by Gasteiger charge is 2.04. The quantitative estimate of drug-likeness (QED) is 0.542.